The van der Waals surface area contributed by atoms with Gasteiger partial charge in [-0.3, -0.25) is 4.98 Å². The van der Waals surface area contributed by atoms with Crippen LogP contribution in [0.3, 0.4) is 0 Å². The molecular weight excluding hydrogens is 365 g/mol. The number of pyridine rings is 1. The zero-order valence-corrected chi connectivity index (χ0v) is 14.6. The van der Waals surface area contributed by atoms with Crippen LogP contribution in [0, 0.1) is 0 Å². The predicted octanol–water partition coefficient (Wildman–Crippen LogP) is 4.55. The van der Waals surface area contributed by atoms with Crippen LogP contribution in [0.2, 0.25) is 0 Å². The van der Waals surface area contributed by atoms with Crippen molar-refractivity contribution in [2.24, 2.45) is 0 Å². The minimum absolute atomic E-state index is 0.233. The lowest BCUT2D eigenvalue weighted by Crippen LogP contribution is -2.17. The molecular formula is C17H15F3N4OS. The van der Waals surface area contributed by atoms with E-state index in [1.165, 1.54) is 30.0 Å². The van der Waals surface area contributed by atoms with Gasteiger partial charge in [-0.15, -0.1) is 23.4 Å². The van der Waals surface area contributed by atoms with E-state index < -0.39 is 6.36 Å². The highest BCUT2D eigenvalue weighted by Crippen LogP contribution is 2.28. The van der Waals surface area contributed by atoms with Crippen LogP contribution in [0.15, 0.2) is 53.9 Å². The maximum Gasteiger partial charge on any atom is 0.573 e. The summed E-state index contributed by atoms with van der Waals surface area (Å²) in [5.74, 6) is 0.918. The van der Waals surface area contributed by atoms with Crippen LogP contribution in [0.25, 0.3) is 11.4 Å². The quantitative estimate of drug-likeness (QED) is 0.587. The third kappa shape index (κ3) is 4.54. The molecule has 0 bridgehead atoms. The number of benzene rings is 1. The number of aromatic nitrogens is 4. The molecule has 0 spiro atoms. The summed E-state index contributed by atoms with van der Waals surface area (Å²) in [6.07, 6.45) is -1.31. The molecule has 2 heterocycles. The highest BCUT2D eigenvalue weighted by molar-refractivity contribution is 7.98. The molecule has 5 nitrogen and oxygen atoms in total. The van der Waals surface area contributed by atoms with Crippen molar-refractivity contribution >= 4 is 11.8 Å². The molecule has 0 unspecified atom stereocenters. The van der Waals surface area contributed by atoms with Crippen LogP contribution in [-0.2, 0) is 12.3 Å². The molecule has 26 heavy (non-hydrogen) atoms. The van der Waals surface area contributed by atoms with Gasteiger partial charge in [-0.25, -0.2) is 0 Å². The smallest absolute Gasteiger partial charge is 0.406 e. The minimum Gasteiger partial charge on any atom is -0.406 e. The lowest BCUT2D eigenvalue weighted by Gasteiger charge is -2.10. The molecule has 0 aliphatic carbocycles. The second-order valence-electron chi connectivity index (χ2n) is 5.28. The van der Waals surface area contributed by atoms with E-state index in [4.69, 9.17) is 0 Å². The van der Waals surface area contributed by atoms with Gasteiger partial charge < -0.3 is 9.30 Å². The van der Waals surface area contributed by atoms with Crippen LogP contribution in [0.5, 0.6) is 5.75 Å². The zero-order valence-electron chi connectivity index (χ0n) is 13.8. The maximum atomic E-state index is 12.3. The Bertz CT molecular complexity index is 868. The second-order valence-corrected chi connectivity index (χ2v) is 6.22. The van der Waals surface area contributed by atoms with E-state index in [-0.39, 0.29) is 5.75 Å². The van der Waals surface area contributed by atoms with Gasteiger partial charge in [-0.1, -0.05) is 23.9 Å². The number of nitrogens with zero attached hydrogens (tertiary/aromatic N) is 4. The number of hydrogen-bond acceptors (Lipinski definition) is 5. The first-order valence-corrected chi connectivity index (χ1v) is 8.76. The van der Waals surface area contributed by atoms with Gasteiger partial charge in [0.1, 0.15) is 5.75 Å². The molecule has 136 valence electrons. The fourth-order valence-corrected chi connectivity index (χ4v) is 3.31. The van der Waals surface area contributed by atoms with E-state index in [1.807, 2.05) is 23.6 Å². The number of thioether (sulfide) groups is 1. The average molecular weight is 380 g/mol. The largest absolute Gasteiger partial charge is 0.573 e. The van der Waals surface area contributed by atoms with Crippen molar-refractivity contribution in [2.75, 3.05) is 0 Å². The summed E-state index contributed by atoms with van der Waals surface area (Å²) in [4.78, 5) is 4.08. The molecule has 0 aliphatic heterocycles. The Kier molecular flexibility index (Phi) is 5.46. The van der Waals surface area contributed by atoms with Crippen LogP contribution in [0.1, 0.15) is 12.5 Å². The summed E-state index contributed by atoms with van der Waals surface area (Å²) in [5, 5.41) is 9.10. The predicted molar refractivity (Wildman–Crippen MR) is 91.6 cm³/mol. The minimum atomic E-state index is -4.70. The second kappa shape index (κ2) is 7.77. The molecule has 0 N–H and O–H groups in total. The van der Waals surface area contributed by atoms with Gasteiger partial charge in [0.15, 0.2) is 11.0 Å². The Morgan fingerprint density at radius 3 is 2.69 bits per heavy atom. The van der Waals surface area contributed by atoms with Gasteiger partial charge in [0.25, 0.3) is 0 Å². The first-order chi connectivity index (χ1) is 12.5. The van der Waals surface area contributed by atoms with Crippen molar-refractivity contribution < 1.29 is 17.9 Å². The summed E-state index contributed by atoms with van der Waals surface area (Å²) in [6, 6.07) is 9.64. The number of ether oxygens (including phenoxy) is 1. The molecule has 0 saturated carbocycles. The lowest BCUT2D eigenvalue weighted by molar-refractivity contribution is -0.274. The van der Waals surface area contributed by atoms with E-state index in [9.17, 15) is 13.2 Å². The summed E-state index contributed by atoms with van der Waals surface area (Å²) in [6.45, 7) is 2.64. The molecule has 3 aromatic rings. The van der Waals surface area contributed by atoms with Gasteiger partial charge in [0.2, 0.25) is 0 Å². The Morgan fingerprint density at radius 1 is 1.15 bits per heavy atom. The first kappa shape index (κ1) is 18.2. The summed E-state index contributed by atoms with van der Waals surface area (Å²) in [5.41, 5.74) is 1.56. The Morgan fingerprint density at radius 2 is 2.00 bits per heavy atom. The van der Waals surface area contributed by atoms with Gasteiger partial charge in [-0.2, -0.15) is 0 Å². The van der Waals surface area contributed by atoms with Crippen LogP contribution in [-0.4, -0.2) is 26.1 Å². The molecule has 0 fully saturated rings. The topological polar surface area (TPSA) is 52.8 Å². The standard InChI is InChI=1S/C17H15F3N4OS/c1-2-24-15(13-6-4-8-21-10-13)22-23-16(24)26-11-12-5-3-7-14(9-12)25-17(18,19)20/h3-10H,2,11H2,1H3. The molecule has 0 aliphatic rings. The third-order valence-corrected chi connectivity index (χ3v) is 4.49. The van der Waals surface area contributed by atoms with Crippen LogP contribution in [0.4, 0.5) is 13.2 Å². The monoisotopic (exact) mass is 380 g/mol. The molecule has 3 rings (SSSR count). The number of rotatable bonds is 6. The average Bonchev–Trinajstić information content (AvgIpc) is 3.02. The Balaban J connectivity index is 1.74. The highest BCUT2D eigenvalue weighted by Gasteiger charge is 2.31. The van der Waals surface area contributed by atoms with E-state index in [1.54, 1.807) is 18.5 Å². The maximum absolute atomic E-state index is 12.3. The molecule has 0 atom stereocenters. The molecule has 0 radical (unpaired) electrons. The molecule has 0 saturated heterocycles. The zero-order chi connectivity index (χ0) is 18.6. The van der Waals surface area contributed by atoms with Gasteiger partial charge in [0, 0.05) is 30.3 Å². The van der Waals surface area contributed by atoms with Crippen molar-refractivity contribution in [3.05, 3.63) is 54.4 Å². The molecule has 2 aromatic heterocycles. The van der Waals surface area contributed by atoms with Gasteiger partial charge in [0.05, 0.1) is 0 Å². The third-order valence-electron chi connectivity index (χ3n) is 3.45. The van der Waals surface area contributed by atoms with Crippen molar-refractivity contribution in [2.45, 2.75) is 30.7 Å². The summed E-state index contributed by atoms with van der Waals surface area (Å²) in [7, 11) is 0. The fourth-order valence-electron chi connectivity index (χ4n) is 2.37. The Labute approximate surface area is 152 Å². The lowest BCUT2D eigenvalue weighted by atomic mass is 10.2. The van der Waals surface area contributed by atoms with Crippen LogP contribution < -0.4 is 4.74 Å². The molecule has 1 aromatic carbocycles. The summed E-state index contributed by atoms with van der Waals surface area (Å²) < 4.78 is 42.9. The summed E-state index contributed by atoms with van der Waals surface area (Å²) >= 11 is 1.40. The van der Waals surface area contributed by atoms with Gasteiger partial charge >= 0.3 is 6.36 Å². The van der Waals surface area contributed by atoms with E-state index in [0.717, 1.165) is 5.56 Å². The van der Waals surface area contributed by atoms with E-state index >= 15 is 0 Å². The number of alkyl halides is 3. The van der Waals surface area contributed by atoms with Crippen molar-refractivity contribution in [3.63, 3.8) is 0 Å². The van der Waals surface area contributed by atoms with Crippen molar-refractivity contribution in [3.8, 4) is 17.1 Å². The van der Waals surface area contributed by atoms with E-state index in [0.29, 0.717) is 28.8 Å². The SMILES string of the molecule is CCn1c(SCc2cccc(OC(F)(F)F)c2)nnc1-c1cccnc1. The first-order valence-electron chi connectivity index (χ1n) is 7.77. The number of halogens is 3. The highest BCUT2D eigenvalue weighted by atomic mass is 32.2. The Hall–Kier alpha value is -2.55. The van der Waals surface area contributed by atoms with Crippen LogP contribution >= 0.6 is 11.8 Å². The molecule has 9 heteroatoms. The molecule has 0 amide bonds. The number of hydrogen-bond donors (Lipinski definition) is 0. The normalized spacial score (nSPS) is 11.5. The fraction of sp³-hybridized carbons (Fsp3) is 0.235. The van der Waals surface area contributed by atoms with Gasteiger partial charge in [-0.05, 0) is 36.8 Å². The van der Waals surface area contributed by atoms with Crippen molar-refractivity contribution in [1.82, 2.24) is 19.7 Å². The van der Waals surface area contributed by atoms with Crippen molar-refractivity contribution in [1.29, 1.82) is 0 Å². The van der Waals surface area contributed by atoms with E-state index in [2.05, 4.69) is 19.9 Å².